The maximum Gasteiger partial charge on any atom is 0.306 e. The van der Waals surface area contributed by atoms with Crippen molar-refractivity contribution in [1.29, 1.82) is 0 Å². The molecule has 0 saturated carbocycles. The average molecular weight is 611 g/mol. The average Bonchev–Trinajstić information content (AvgIpc) is 2.96. The summed E-state index contributed by atoms with van der Waals surface area (Å²) in [6, 6.07) is 0. The van der Waals surface area contributed by atoms with E-state index in [1.165, 1.54) is 77.0 Å². The quantitative estimate of drug-likeness (QED) is 0.0441. The zero-order valence-corrected chi connectivity index (χ0v) is 29.1. The Balaban J connectivity index is 4.37. The van der Waals surface area contributed by atoms with Gasteiger partial charge in [-0.1, -0.05) is 150 Å². The summed E-state index contributed by atoms with van der Waals surface area (Å²) in [4.78, 5) is 37.2. The van der Waals surface area contributed by atoms with Gasteiger partial charge >= 0.3 is 17.9 Å². The van der Waals surface area contributed by atoms with Crippen molar-refractivity contribution in [2.45, 2.75) is 195 Å². The van der Waals surface area contributed by atoms with Crippen molar-refractivity contribution in [3.8, 4) is 0 Å². The van der Waals surface area contributed by atoms with Crippen LogP contribution < -0.4 is 0 Å². The number of hydrogen-bond donors (Lipinski definition) is 0. The molecule has 1 atom stereocenters. The number of rotatable bonds is 31. The molecule has 0 radical (unpaired) electrons. The third kappa shape index (κ3) is 31.6. The molecule has 43 heavy (non-hydrogen) atoms. The summed E-state index contributed by atoms with van der Waals surface area (Å²) in [5, 5.41) is 0. The number of hydrogen-bond acceptors (Lipinski definition) is 6. The highest BCUT2D eigenvalue weighted by atomic mass is 16.6. The van der Waals surface area contributed by atoms with Crippen molar-refractivity contribution < 1.29 is 28.6 Å². The first-order valence-corrected chi connectivity index (χ1v) is 18.2. The Kier molecular flexibility index (Phi) is 29.3. The fourth-order valence-electron chi connectivity index (χ4n) is 5.16. The second kappa shape index (κ2) is 30.4. The third-order valence-corrected chi connectivity index (χ3v) is 7.97. The molecule has 0 heterocycles. The van der Waals surface area contributed by atoms with Crippen molar-refractivity contribution >= 4 is 17.9 Å². The molecule has 0 unspecified atom stereocenters. The van der Waals surface area contributed by atoms with Gasteiger partial charge in [0.25, 0.3) is 0 Å². The predicted molar refractivity (Wildman–Crippen MR) is 178 cm³/mol. The van der Waals surface area contributed by atoms with Crippen LogP contribution in [0.5, 0.6) is 0 Å². The minimum Gasteiger partial charge on any atom is -0.462 e. The van der Waals surface area contributed by atoms with Crippen LogP contribution in [0.15, 0.2) is 0 Å². The standard InChI is InChI=1S/C37H70O6/c1-6-7-8-9-10-17-22-27-35(38)41-30-34(43-37(40)29-24-19-14-12-16-21-26-33(4)5)31-42-36(39)28-23-18-13-11-15-20-25-32(2)3/h32-34H,6-31H2,1-5H3/t34-/m1/s1. The van der Waals surface area contributed by atoms with Gasteiger partial charge in [-0.2, -0.15) is 0 Å². The second-order valence-electron chi connectivity index (χ2n) is 13.5. The fourth-order valence-corrected chi connectivity index (χ4v) is 5.16. The molecule has 0 amide bonds. The van der Waals surface area contributed by atoms with E-state index in [4.69, 9.17) is 14.2 Å². The van der Waals surface area contributed by atoms with Crippen LogP contribution in [0.4, 0.5) is 0 Å². The Hall–Kier alpha value is -1.59. The van der Waals surface area contributed by atoms with E-state index in [1.54, 1.807) is 0 Å². The zero-order chi connectivity index (χ0) is 32.0. The topological polar surface area (TPSA) is 78.9 Å². The van der Waals surface area contributed by atoms with Gasteiger partial charge in [-0.15, -0.1) is 0 Å². The molecular weight excluding hydrogens is 540 g/mol. The Morgan fingerprint density at radius 2 is 0.767 bits per heavy atom. The minimum atomic E-state index is -0.758. The molecule has 6 heteroatoms. The van der Waals surface area contributed by atoms with E-state index >= 15 is 0 Å². The number of unbranched alkanes of at least 4 members (excludes halogenated alkanes) is 16. The lowest BCUT2D eigenvalue weighted by Crippen LogP contribution is -2.30. The maximum atomic E-state index is 12.5. The summed E-state index contributed by atoms with van der Waals surface area (Å²) >= 11 is 0. The molecular formula is C37H70O6. The van der Waals surface area contributed by atoms with Crippen molar-refractivity contribution in [3.63, 3.8) is 0 Å². The lowest BCUT2D eigenvalue weighted by molar-refractivity contribution is -0.167. The van der Waals surface area contributed by atoms with Gasteiger partial charge in [-0.3, -0.25) is 14.4 Å². The summed E-state index contributed by atoms with van der Waals surface area (Å²) in [5.41, 5.74) is 0. The van der Waals surface area contributed by atoms with Crippen molar-refractivity contribution in [2.24, 2.45) is 11.8 Å². The van der Waals surface area contributed by atoms with E-state index in [0.717, 1.165) is 69.6 Å². The molecule has 0 bridgehead atoms. The van der Waals surface area contributed by atoms with Crippen LogP contribution in [0.3, 0.4) is 0 Å². The van der Waals surface area contributed by atoms with Gasteiger partial charge in [-0.05, 0) is 31.1 Å². The van der Waals surface area contributed by atoms with Gasteiger partial charge < -0.3 is 14.2 Å². The highest BCUT2D eigenvalue weighted by molar-refractivity contribution is 5.71. The molecule has 254 valence electrons. The van der Waals surface area contributed by atoms with E-state index in [2.05, 4.69) is 34.6 Å². The largest absolute Gasteiger partial charge is 0.462 e. The van der Waals surface area contributed by atoms with Crippen molar-refractivity contribution in [2.75, 3.05) is 13.2 Å². The van der Waals surface area contributed by atoms with Gasteiger partial charge in [-0.25, -0.2) is 0 Å². The molecule has 0 aromatic rings. The normalized spacial score (nSPS) is 12.1. The van der Waals surface area contributed by atoms with Crippen LogP contribution in [-0.4, -0.2) is 37.2 Å². The predicted octanol–water partition coefficient (Wildman–Crippen LogP) is 10.7. The van der Waals surface area contributed by atoms with Crippen LogP contribution in [0.25, 0.3) is 0 Å². The zero-order valence-electron chi connectivity index (χ0n) is 29.1. The van der Waals surface area contributed by atoms with Gasteiger partial charge in [0.15, 0.2) is 6.10 Å². The Bertz CT molecular complexity index is 659. The number of ether oxygens (including phenoxy) is 3. The Morgan fingerprint density at radius 3 is 1.14 bits per heavy atom. The minimum absolute atomic E-state index is 0.0689. The van der Waals surface area contributed by atoms with E-state index in [9.17, 15) is 14.4 Å². The van der Waals surface area contributed by atoms with Gasteiger partial charge in [0, 0.05) is 19.3 Å². The van der Waals surface area contributed by atoms with Gasteiger partial charge in [0.05, 0.1) is 0 Å². The molecule has 0 aliphatic heterocycles. The lowest BCUT2D eigenvalue weighted by atomic mass is 10.0. The van der Waals surface area contributed by atoms with Gasteiger partial charge in [0.2, 0.25) is 0 Å². The second-order valence-corrected chi connectivity index (χ2v) is 13.5. The van der Waals surface area contributed by atoms with Crippen molar-refractivity contribution in [3.05, 3.63) is 0 Å². The Morgan fingerprint density at radius 1 is 0.442 bits per heavy atom. The number of carbonyl (C=O) groups is 3. The fraction of sp³-hybridized carbons (Fsp3) is 0.919. The third-order valence-electron chi connectivity index (χ3n) is 7.97. The molecule has 0 aliphatic carbocycles. The smallest absolute Gasteiger partial charge is 0.306 e. The molecule has 0 aromatic heterocycles. The van der Waals surface area contributed by atoms with Gasteiger partial charge in [0.1, 0.15) is 13.2 Å². The molecule has 0 N–H and O–H groups in total. The summed E-state index contributed by atoms with van der Waals surface area (Å²) in [7, 11) is 0. The SMILES string of the molecule is CCCCCCCCCC(=O)OC[C@H](COC(=O)CCCCCCCCC(C)C)OC(=O)CCCCCCCCC(C)C. The highest BCUT2D eigenvalue weighted by Gasteiger charge is 2.19. The molecule has 0 saturated heterocycles. The summed E-state index contributed by atoms with van der Waals surface area (Å²) in [5.74, 6) is 0.637. The number of esters is 3. The van der Waals surface area contributed by atoms with Crippen LogP contribution >= 0.6 is 0 Å². The van der Waals surface area contributed by atoms with Crippen LogP contribution in [0, 0.1) is 11.8 Å². The van der Waals surface area contributed by atoms with E-state index in [0.29, 0.717) is 19.3 Å². The van der Waals surface area contributed by atoms with E-state index < -0.39 is 6.10 Å². The van der Waals surface area contributed by atoms with Crippen LogP contribution in [-0.2, 0) is 28.6 Å². The molecule has 0 rings (SSSR count). The number of carbonyl (C=O) groups excluding carboxylic acids is 3. The Labute approximate surface area is 266 Å². The summed E-state index contributed by atoms with van der Waals surface area (Å²) in [6.07, 6.45) is 24.1. The van der Waals surface area contributed by atoms with Crippen LogP contribution in [0.1, 0.15) is 189 Å². The monoisotopic (exact) mass is 611 g/mol. The highest BCUT2D eigenvalue weighted by Crippen LogP contribution is 2.14. The molecule has 0 aliphatic rings. The maximum absolute atomic E-state index is 12.5. The van der Waals surface area contributed by atoms with E-state index in [1.807, 2.05) is 0 Å². The first-order valence-electron chi connectivity index (χ1n) is 18.2. The molecule has 0 spiro atoms. The van der Waals surface area contributed by atoms with Crippen molar-refractivity contribution in [1.82, 2.24) is 0 Å². The molecule has 6 nitrogen and oxygen atoms in total. The first-order chi connectivity index (χ1) is 20.7. The van der Waals surface area contributed by atoms with E-state index in [-0.39, 0.29) is 31.1 Å². The first kappa shape index (κ1) is 41.4. The lowest BCUT2D eigenvalue weighted by Gasteiger charge is -2.18. The molecule has 0 fully saturated rings. The summed E-state index contributed by atoms with van der Waals surface area (Å²) in [6.45, 7) is 11.1. The molecule has 0 aromatic carbocycles. The summed E-state index contributed by atoms with van der Waals surface area (Å²) < 4.78 is 16.5. The van der Waals surface area contributed by atoms with Crippen LogP contribution in [0.2, 0.25) is 0 Å².